The number of carbonyl (C=O) groups excluding carboxylic acids is 1. The summed E-state index contributed by atoms with van der Waals surface area (Å²) in [7, 11) is 0. The van der Waals surface area contributed by atoms with Gasteiger partial charge in [0.2, 0.25) is 0 Å². The fourth-order valence-electron chi connectivity index (χ4n) is 10.3. The number of unbranched alkanes of at least 4 members (excludes halogenated alkanes) is 15. The van der Waals surface area contributed by atoms with Crippen LogP contribution in [0.4, 0.5) is 22.7 Å². The van der Waals surface area contributed by atoms with E-state index >= 15 is 4.79 Å². The Bertz CT molecular complexity index is 2770. The normalized spacial score (nSPS) is 13.7. The Morgan fingerprint density at radius 3 is 1.65 bits per heavy atom. The lowest BCUT2D eigenvalue weighted by Gasteiger charge is -2.36. The Labute approximate surface area is 394 Å². The SMILES string of the molecule is [C-]#[N+]C(=C=N)C1=C(c2c(N)cc(NCCCCCCCC)c3cc4ccccc4cc23)C(=O)C1c1c(N)cc(N(CCCCCCCC)CCCCCCCC)c2cc3ccccc3cc12. The van der Waals surface area contributed by atoms with E-state index in [1.165, 1.54) is 89.9 Å². The first-order valence-corrected chi connectivity index (χ1v) is 25.3. The predicted molar refractivity (Wildman–Crippen MR) is 285 cm³/mol. The number of nitrogens with two attached hydrogens (primary N) is 2. The van der Waals surface area contributed by atoms with Gasteiger partial charge in [-0.15, -0.1) is 0 Å². The van der Waals surface area contributed by atoms with Crippen molar-refractivity contribution >= 4 is 83.1 Å². The molecular formula is C59H72N6O. The van der Waals surface area contributed by atoms with E-state index in [4.69, 9.17) is 23.4 Å². The minimum atomic E-state index is -0.870. The third kappa shape index (κ3) is 10.6. The topological polar surface area (TPSA) is 113 Å². The number of allylic oxidation sites excluding steroid dienone is 2. The number of hydrogen-bond donors (Lipinski definition) is 4. The predicted octanol–water partition coefficient (Wildman–Crippen LogP) is 15.9. The van der Waals surface area contributed by atoms with Crippen LogP contribution in [0.25, 0.3) is 53.5 Å². The van der Waals surface area contributed by atoms with E-state index in [1.54, 1.807) is 0 Å². The van der Waals surface area contributed by atoms with Gasteiger partial charge in [0.05, 0.1) is 12.5 Å². The number of fused-ring (bicyclic) bond motifs is 4. The third-order valence-corrected chi connectivity index (χ3v) is 13.9. The number of nitrogens with zero attached hydrogens (tertiary/aromatic N) is 2. The molecule has 0 fully saturated rings. The van der Waals surface area contributed by atoms with Gasteiger partial charge in [-0.05, 0) is 105 Å². The molecule has 0 spiro atoms. The fraction of sp³-hybridized carbons (Fsp3) is 0.424. The highest BCUT2D eigenvalue weighted by Crippen LogP contribution is 2.55. The zero-order valence-electron chi connectivity index (χ0n) is 40.0. The van der Waals surface area contributed by atoms with Crippen molar-refractivity contribution in [1.29, 1.82) is 5.41 Å². The average molecular weight is 881 g/mol. The number of nitrogens with one attached hydrogen (secondary N) is 2. The Morgan fingerprint density at radius 2 is 1.12 bits per heavy atom. The summed E-state index contributed by atoms with van der Waals surface area (Å²) in [6.07, 6.45) is 21.8. The highest BCUT2D eigenvalue weighted by Gasteiger charge is 2.46. The van der Waals surface area contributed by atoms with Crippen molar-refractivity contribution in [2.24, 2.45) is 0 Å². The van der Waals surface area contributed by atoms with E-state index in [0.717, 1.165) is 99.8 Å². The quantitative estimate of drug-likeness (QED) is 0.0142. The first-order valence-electron chi connectivity index (χ1n) is 25.3. The lowest BCUT2D eigenvalue weighted by atomic mass is 9.66. The summed E-state index contributed by atoms with van der Waals surface area (Å²) in [6, 6.07) is 29.4. The molecule has 1 unspecified atom stereocenters. The van der Waals surface area contributed by atoms with Gasteiger partial charge in [0, 0.05) is 64.3 Å². The number of rotatable bonds is 26. The molecule has 1 aliphatic carbocycles. The fourth-order valence-corrected chi connectivity index (χ4v) is 10.3. The first-order chi connectivity index (χ1) is 32.3. The highest BCUT2D eigenvalue weighted by atomic mass is 16.1. The third-order valence-electron chi connectivity index (χ3n) is 13.9. The van der Waals surface area contributed by atoms with Crippen molar-refractivity contribution < 1.29 is 4.79 Å². The molecule has 0 saturated carbocycles. The molecule has 6 aromatic carbocycles. The van der Waals surface area contributed by atoms with E-state index in [1.807, 2.05) is 24.3 Å². The minimum absolute atomic E-state index is 0.00148. The van der Waals surface area contributed by atoms with Gasteiger partial charge < -0.3 is 21.7 Å². The zero-order valence-corrected chi connectivity index (χ0v) is 40.0. The van der Waals surface area contributed by atoms with Gasteiger partial charge in [-0.2, -0.15) is 0 Å². The molecule has 66 heavy (non-hydrogen) atoms. The maximum atomic E-state index is 15.3. The van der Waals surface area contributed by atoms with Crippen molar-refractivity contribution in [3.63, 3.8) is 0 Å². The minimum Gasteiger partial charge on any atom is -0.398 e. The van der Waals surface area contributed by atoms with Crippen LogP contribution < -0.4 is 21.7 Å². The van der Waals surface area contributed by atoms with Gasteiger partial charge in [-0.1, -0.05) is 166 Å². The number of hydrogen-bond acceptors (Lipinski definition) is 6. The van der Waals surface area contributed by atoms with Crippen LogP contribution in [0.1, 0.15) is 153 Å². The van der Waals surface area contributed by atoms with Crippen LogP contribution in [0.5, 0.6) is 0 Å². The van der Waals surface area contributed by atoms with Gasteiger partial charge in [0.25, 0.3) is 5.70 Å². The molecule has 0 radical (unpaired) electrons. The first kappa shape index (κ1) is 47.9. The molecule has 0 amide bonds. The largest absolute Gasteiger partial charge is 0.398 e. The van der Waals surface area contributed by atoms with Crippen molar-refractivity contribution in [3.05, 3.63) is 119 Å². The Balaban J connectivity index is 1.36. The van der Waals surface area contributed by atoms with Crippen LogP contribution in [0, 0.1) is 12.0 Å². The summed E-state index contributed by atoms with van der Waals surface area (Å²) in [5, 5.41) is 20.2. The molecular weight excluding hydrogens is 809 g/mol. The van der Waals surface area contributed by atoms with Crippen LogP contribution in [0.2, 0.25) is 0 Å². The lowest BCUT2D eigenvalue weighted by Crippen LogP contribution is -2.31. The second-order valence-electron chi connectivity index (χ2n) is 18.7. The maximum Gasteiger partial charge on any atom is 0.251 e. The molecule has 7 heteroatoms. The molecule has 0 aromatic heterocycles. The second-order valence-corrected chi connectivity index (χ2v) is 18.7. The van der Waals surface area contributed by atoms with Gasteiger partial charge in [0.1, 0.15) is 0 Å². The van der Waals surface area contributed by atoms with Crippen LogP contribution in [0.3, 0.4) is 0 Å². The molecule has 7 rings (SSSR count). The summed E-state index contributed by atoms with van der Waals surface area (Å²) in [4.78, 5) is 21.7. The monoisotopic (exact) mass is 881 g/mol. The van der Waals surface area contributed by atoms with Crippen molar-refractivity contribution in [3.8, 4) is 0 Å². The summed E-state index contributed by atoms with van der Waals surface area (Å²) < 4.78 is 0. The van der Waals surface area contributed by atoms with Crippen LogP contribution in [0.15, 0.2) is 96.2 Å². The van der Waals surface area contributed by atoms with Gasteiger partial charge in [-0.25, -0.2) is 4.85 Å². The van der Waals surface area contributed by atoms with Crippen LogP contribution in [-0.4, -0.2) is 31.3 Å². The molecule has 0 saturated heterocycles. The van der Waals surface area contributed by atoms with Gasteiger partial charge in [-0.3, -0.25) is 10.2 Å². The molecule has 6 aromatic rings. The molecule has 1 aliphatic rings. The smallest absolute Gasteiger partial charge is 0.251 e. The number of anilines is 4. The number of nitrogen functional groups attached to an aromatic ring is 2. The Kier molecular flexibility index (Phi) is 17.0. The van der Waals surface area contributed by atoms with E-state index < -0.39 is 5.92 Å². The van der Waals surface area contributed by atoms with Gasteiger partial charge in [0.15, 0.2) is 5.78 Å². The zero-order chi connectivity index (χ0) is 46.4. The van der Waals surface area contributed by atoms with Crippen LogP contribution >= 0.6 is 0 Å². The Hall–Kier alpha value is -6.09. The molecule has 1 atom stereocenters. The standard InChI is InChI=1S/C59H72N6O/c1-5-8-11-14-17-24-31-64-51-38-49(61)54(47-36-43-29-22-20-27-41(43)34-45(47)51)57-56(52(40-60)63-4)58(59(57)66)55-48-37-44-30-23-21-28-42(44)35-46(48)53(39-50(55)62)65(32-25-18-15-12-9-6-2)33-26-19-16-13-10-7-3/h20-23,27-30,34-39,58,60,64H,5-19,24-26,31-33,61-62H2,1-3H3. The maximum absolute atomic E-state index is 15.3. The number of carbonyl (C=O) groups is 1. The number of Topliss-reactive ketones (excluding diaryl/α,β-unsaturated/α-hetero) is 1. The van der Waals surface area contributed by atoms with Crippen LogP contribution in [-0.2, 0) is 4.79 Å². The highest BCUT2D eigenvalue weighted by molar-refractivity contribution is 6.38. The molecule has 0 aliphatic heterocycles. The number of benzene rings is 6. The van der Waals surface area contributed by atoms with E-state index in [9.17, 15) is 0 Å². The van der Waals surface area contributed by atoms with Crippen molar-refractivity contribution in [2.45, 2.75) is 142 Å². The Morgan fingerprint density at radius 1 is 0.636 bits per heavy atom. The van der Waals surface area contributed by atoms with Crippen molar-refractivity contribution in [2.75, 3.05) is 41.3 Å². The average Bonchev–Trinajstić information content (AvgIpc) is 3.33. The summed E-state index contributed by atoms with van der Waals surface area (Å²) in [5.74, 6) is 1.42. The molecule has 0 bridgehead atoms. The van der Waals surface area contributed by atoms with Gasteiger partial charge >= 0.3 is 0 Å². The summed E-state index contributed by atoms with van der Waals surface area (Å²) in [6.45, 7) is 17.8. The van der Waals surface area contributed by atoms with Crippen molar-refractivity contribution in [1.82, 2.24) is 0 Å². The van der Waals surface area contributed by atoms with E-state index in [-0.39, 0.29) is 11.5 Å². The molecule has 0 heterocycles. The van der Waals surface area contributed by atoms with E-state index in [2.05, 4.69) is 102 Å². The lowest BCUT2D eigenvalue weighted by molar-refractivity contribution is -0.115. The molecule has 7 nitrogen and oxygen atoms in total. The van der Waals surface area contributed by atoms with E-state index in [0.29, 0.717) is 33.6 Å². The number of ketones is 1. The second kappa shape index (κ2) is 23.4. The summed E-state index contributed by atoms with van der Waals surface area (Å²) >= 11 is 0. The molecule has 344 valence electrons. The summed E-state index contributed by atoms with van der Waals surface area (Å²) in [5.41, 5.74) is 19.5. The molecule has 6 N–H and O–H groups in total.